The van der Waals surface area contributed by atoms with Gasteiger partial charge in [0.25, 0.3) is 0 Å². The topological polar surface area (TPSA) is 38.8 Å². The van der Waals surface area contributed by atoms with Gasteiger partial charge in [0.1, 0.15) is 0 Å². The predicted octanol–water partition coefficient (Wildman–Crippen LogP) is 2.33. The van der Waals surface area contributed by atoms with Crippen molar-refractivity contribution in [2.45, 2.75) is 50.9 Å². The number of hydrogen-bond acceptors (Lipinski definition) is 3. The normalized spacial score (nSPS) is 28.3. The van der Waals surface area contributed by atoms with E-state index >= 15 is 0 Å². The second kappa shape index (κ2) is 6.80. The highest BCUT2D eigenvalue weighted by Gasteiger charge is 2.39. The van der Waals surface area contributed by atoms with E-state index in [1.807, 2.05) is 17.0 Å². The summed E-state index contributed by atoms with van der Waals surface area (Å²) in [5.41, 5.74) is 2.29. The highest BCUT2D eigenvalue weighted by Crippen LogP contribution is 2.30. The second-order valence-corrected chi connectivity index (χ2v) is 6.40. The van der Waals surface area contributed by atoms with Crippen LogP contribution in [0.25, 0.3) is 0 Å². The summed E-state index contributed by atoms with van der Waals surface area (Å²) in [6, 6.07) is 8.37. The van der Waals surface area contributed by atoms with Gasteiger partial charge in [0.2, 0.25) is 5.91 Å². The number of ether oxygens (including phenoxy) is 2. The van der Waals surface area contributed by atoms with Gasteiger partial charge in [0.05, 0.1) is 31.3 Å². The van der Waals surface area contributed by atoms with Crippen LogP contribution >= 0.6 is 0 Å². The van der Waals surface area contributed by atoms with Crippen LogP contribution in [0.4, 0.5) is 0 Å². The number of benzene rings is 1. The summed E-state index contributed by atoms with van der Waals surface area (Å²) < 4.78 is 11.4. The summed E-state index contributed by atoms with van der Waals surface area (Å²) in [4.78, 5) is 14.8. The van der Waals surface area contributed by atoms with Gasteiger partial charge >= 0.3 is 0 Å². The Balaban J connectivity index is 1.70. The molecule has 1 aliphatic heterocycles. The molecule has 1 aliphatic carbocycles. The van der Waals surface area contributed by atoms with Crippen molar-refractivity contribution >= 4 is 5.91 Å². The molecular weight excluding hydrogens is 278 g/mol. The zero-order valence-corrected chi connectivity index (χ0v) is 13.5. The third-order valence-corrected chi connectivity index (χ3v) is 4.86. The summed E-state index contributed by atoms with van der Waals surface area (Å²) >= 11 is 0. The number of carbonyl (C=O) groups is 1. The minimum absolute atomic E-state index is 0.171. The van der Waals surface area contributed by atoms with E-state index in [2.05, 4.69) is 19.1 Å². The average molecular weight is 303 g/mol. The van der Waals surface area contributed by atoms with E-state index in [1.54, 1.807) is 7.11 Å². The SMILES string of the molecule is COC1CCC2OCCN(C(=O)Cc3cccc(C)c3)C2C1. The lowest BCUT2D eigenvalue weighted by molar-refractivity contribution is -0.154. The number of morpholine rings is 1. The van der Waals surface area contributed by atoms with Crippen LogP contribution < -0.4 is 0 Å². The van der Waals surface area contributed by atoms with E-state index in [4.69, 9.17) is 9.47 Å². The van der Waals surface area contributed by atoms with Crippen molar-refractivity contribution in [2.75, 3.05) is 20.3 Å². The van der Waals surface area contributed by atoms with Crippen LogP contribution in [0.3, 0.4) is 0 Å². The van der Waals surface area contributed by atoms with E-state index in [0.29, 0.717) is 19.6 Å². The first-order valence-corrected chi connectivity index (χ1v) is 8.17. The summed E-state index contributed by atoms with van der Waals surface area (Å²) in [6.45, 7) is 3.41. The van der Waals surface area contributed by atoms with E-state index in [0.717, 1.165) is 24.8 Å². The van der Waals surface area contributed by atoms with Crippen molar-refractivity contribution < 1.29 is 14.3 Å². The lowest BCUT2D eigenvalue weighted by Gasteiger charge is -2.45. The average Bonchev–Trinajstić information content (AvgIpc) is 2.53. The summed E-state index contributed by atoms with van der Waals surface area (Å²) in [5.74, 6) is 0.209. The molecule has 3 unspecified atom stereocenters. The van der Waals surface area contributed by atoms with Crippen LogP contribution in [0.1, 0.15) is 30.4 Å². The highest BCUT2D eigenvalue weighted by atomic mass is 16.5. The van der Waals surface area contributed by atoms with Gasteiger partial charge in [0.15, 0.2) is 0 Å². The number of rotatable bonds is 3. The molecule has 22 heavy (non-hydrogen) atoms. The molecule has 0 radical (unpaired) electrons. The molecular formula is C18H25NO3. The maximum Gasteiger partial charge on any atom is 0.227 e. The van der Waals surface area contributed by atoms with Crippen LogP contribution in [-0.4, -0.2) is 49.3 Å². The summed E-state index contributed by atoms with van der Waals surface area (Å²) in [5, 5.41) is 0. The second-order valence-electron chi connectivity index (χ2n) is 6.40. The molecule has 1 saturated heterocycles. The molecule has 3 rings (SSSR count). The van der Waals surface area contributed by atoms with Gasteiger partial charge in [-0.15, -0.1) is 0 Å². The molecule has 4 nitrogen and oxygen atoms in total. The van der Waals surface area contributed by atoms with E-state index in [1.165, 1.54) is 5.56 Å². The van der Waals surface area contributed by atoms with Gasteiger partial charge < -0.3 is 14.4 Å². The van der Waals surface area contributed by atoms with Crippen LogP contribution in [0.2, 0.25) is 0 Å². The fourth-order valence-electron chi connectivity index (χ4n) is 3.69. The molecule has 120 valence electrons. The van der Waals surface area contributed by atoms with Crippen LogP contribution in [-0.2, 0) is 20.7 Å². The van der Waals surface area contributed by atoms with Crippen molar-refractivity contribution in [2.24, 2.45) is 0 Å². The Kier molecular flexibility index (Phi) is 4.79. The first kappa shape index (κ1) is 15.5. The largest absolute Gasteiger partial charge is 0.381 e. The zero-order valence-electron chi connectivity index (χ0n) is 13.5. The third-order valence-electron chi connectivity index (χ3n) is 4.86. The minimum atomic E-state index is 0.171. The monoisotopic (exact) mass is 303 g/mol. The number of carbonyl (C=O) groups excluding carboxylic acids is 1. The molecule has 4 heteroatoms. The molecule has 1 saturated carbocycles. The number of methoxy groups -OCH3 is 1. The Morgan fingerprint density at radius 3 is 3.05 bits per heavy atom. The minimum Gasteiger partial charge on any atom is -0.381 e. The maximum atomic E-state index is 12.8. The number of aryl methyl sites for hydroxylation is 1. The van der Waals surface area contributed by atoms with Crippen molar-refractivity contribution in [1.29, 1.82) is 0 Å². The van der Waals surface area contributed by atoms with Gasteiger partial charge in [-0.1, -0.05) is 29.8 Å². The smallest absolute Gasteiger partial charge is 0.227 e. The van der Waals surface area contributed by atoms with Crippen molar-refractivity contribution in [3.05, 3.63) is 35.4 Å². The molecule has 0 N–H and O–H groups in total. The first-order valence-electron chi connectivity index (χ1n) is 8.17. The fraction of sp³-hybridized carbons (Fsp3) is 0.611. The predicted molar refractivity (Wildman–Crippen MR) is 84.8 cm³/mol. The van der Waals surface area contributed by atoms with E-state index in [-0.39, 0.29) is 24.2 Å². The van der Waals surface area contributed by atoms with Crippen molar-refractivity contribution in [3.63, 3.8) is 0 Å². The number of fused-ring (bicyclic) bond motifs is 1. The van der Waals surface area contributed by atoms with E-state index < -0.39 is 0 Å². The lowest BCUT2D eigenvalue weighted by atomic mass is 9.87. The van der Waals surface area contributed by atoms with E-state index in [9.17, 15) is 4.79 Å². The molecule has 3 atom stereocenters. The van der Waals surface area contributed by atoms with Crippen molar-refractivity contribution in [1.82, 2.24) is 4.90 Å². The Bertz CT molecular complexity index is 531. The number of hydrogen-bond donors (Lipinski definition) is 0. The third kappa shape index (κ3) is 3.33. The first-order chi connectivity index (χ1) is 10.7. The molecule has 1 heterocycles. The number of amides is 1. The van der Waals surface area contributed by atoms with Crippen molar-refractivity contribution in [3.8, 4) is 0 Å². The van der Waals surface area contributed by atoms with Gasteiger partial charge in [-0.25, -0.2) is 0 Å². The van der Waals surface area contributed by atoms with Gasteiger partial charge in [-0.3, -0.25) is 4.79 Å². The lowest BCUT2D eigenvalue weighted by Crippen LogP contribution is -2.57. The van der Waals surface area contributed by atoms with Gasteiger partial charge in [0, 0.05) is 13.7 Å². The van der Waals surface area contributed by atoms with Gasteiger partial charge in [-0.05, 0) is 31.7 Å². The van der Waals surface area contributed by atoms with Crippen LogP contribution in [0.5, 0.6) is 0 Å². The Labute approximate surface area is 132 Å². The zero-order chi connectivity index (χ0) is 15.5. The Hall–Kier alpha value is -1.39. The Morgan fingerprint density at radius 2 is 2.27 bits per heavy atom. The quantitative estimate of drug-likeness (QED) is 0.860. The van der Waals surface area contributed by atoms with Gasteiger partial charge in [-0.2, -0.15) is 0 Å². The molecule has 0 spiro atoms. The van der Waals surface area contributed by atoms with Crippen LogP contribution in [0, 0.1) is 6.92 Å². The molecule has 2 fully saturated rings. The molecule has 0 aromatic heterocycles. The maximum absolute atomic E-state index is 12.8. The van der Waals surface area contributed by atoms with Crippen LogP contribution in [0.15, 0.2) is 24.3 Å². The standard InChI is InChI=1S/C18H25NO3/c1-13-4-3-5-14(10-13)11-18(20)19-8-9-22-17-7-6-15(21-2)12-16(17)19/h3-5,10,15-17H,6-9,11-12H2,1-2H3. The molecule has 1 amide bonds. The molecule has 0 bridgehead atoms. The summed E-state index contributed by atoms with van der Waals surface area (Å²) in [6.07, 6.45) is 3.80. The fourth-order valence-corrected chi connectivity index (χ4v) is 3.69. The molecule has 1 aromatic rings. The molecule has 1 aromatic carbocycles. The Morgan fingerprint density at radius 1 is 1.41 bits per heavy atom. The highest BCUT2D eigenvalue weighted by molar-refractivity contribution is 5.79. The summed E-state index contributed by atoms with van der Waals surface area (Å²) in [7, 11) is 1.76. The molecule has 2 aliphatic rings. The number of nitrogens with zero attached hydrogens (tertiary/aromatic N) is 1.